The maximum absolute atomic E-state index is 12.4. The van der Waals surface area contributed by atoms with Crippen LogP contribution in [-0.4, -0.2) is 42.5 Å². The Morgan fingerprint density at radius 3 is 2.51 bits per heavy atom. The molecule has 0 saturated heterocycles. The van der Waals surface area contributed by atoms with Crippen LogP contribution in [0.1, 0.15) is 5.56 Å². The van der Waals surface area contributed by atoms with Crippen molar-refractivity contribution in [2.75, 3.05) is 36.3 Å². The summed E-state index contributed by atoms with van der Waals surface area (Å²) in [6.07, 6.45) is -0.661. The Bertz CT molecular complexity index is 1220. The number of hydrogen-bond donors (Lipinski definition) is 4. The first-order valence-corrected chi connectivity index (χ1v) is 10.4. The second-order valence-electron chi connectivity index (χ2n) is 7.04. The highest BCUT2D eigenvalue weighted by molar-refractivity contribution is 5.91. The van der Waals surface area contributed by atoms with E-state index in [2.05, 4.69) is 20.5 Å². The fourth-order valence-corrected chi connectivity index (χ4v) is 2.90. The summed E-state index contributed by atoms with van der Waals surface area (Å²) in [5.74, 6) is 0.221. The Balaban J connectivity index is 1.63. The lowest BCUT2D eigenvalue weighted by atomic mass is 10.2. The van der Waals surface area contributed by atoms with Gasteiger partial charge in [-0.15, -0.1) is 10.2 Å². The van der Waals surface area contributed by atoms with Crippen molar-refractivity contribution in [2.45, 2.75) is 6.61 Å². The largest absolute Gasteiger partial charge is 0.455 e. The van der Waals surface area contributed by atoms with Gasteiger partial charge in [0.1, 0.15) is 17.2 Å². The fraction of sp³-hybridized carbons (Fsp3) is 0.174. The average molecular weight is 479 g/mol. The van der Waals surface area contributed by atoms with Crippen molar-refractivity contribution in [3.05, 3.63) is 66.2 Å². The van der Waals surface area contributed by atoms with E-state index in [0.717, 1.165) is 0 Å². The third-order valence-electron chi connectivity index (χ3n) is 4.68. The molecule has 6 N–H and O–H groups in total. The number of aliphatic hydroxyl groups excluding tert-OH is 1. The minimum Gasteiger partial charge on any atom is -0.455 e. The number of pyridine rings is 1. The SMILES string of the molecule is CN(C(=O)OCOc1ccccc1/N=N/c1ccc(NC(=O)CN)nc1N)c1ccccc1CO. The average Bonchev–Trinajstić information content (AvgIpc) is 2.88. The molecule has 0 spiro atoms. The molecule has 182 valence electrons. The number of benzene rings is 2. The molecule has 1 aromatic heterocycles. The first-order chi connectivity index (χ1) is 16.9. The van der Waals surface area contributed by atoms with Crippen molar-refractivity contribution < 1.29 is 24.2 Å². The molecule has 3 aromatic rings. The first-order valence-electron chi connectivity index (χ1n) is 10.4. The van der Waals surface area contributed by atoms with Gasteiger partial charge in [0.15, 0.2) is 11.6 Å². The molecule has 0 radical (unpaired) electrons. The quantitative estimate of drug-likeness (QED) is 0.267. The zero-order valence-electron chi connectivity index (χ0n) is 18.9. The van der Waals surface area contributed by atoms with E-state index in [9.17, 15) is 14.7 Å². The zero-order valence-corrected chi connectivity index (χ0v) is 18.9. The molecular formula is C23H25N7O5. The Hall–Kier alpha value is -4.55. The summed E-state index contributed by atoms with van der Waals surface area (Å²) in [5, 5.41) is 20.2. The lowest BCUT2D eigenvalue weighted by molar-refractivity contribution is -0.114. The Labute approximate surface area is 201 Å². The number of nitrogens with zero attached hydrogens (tertiary/aromatic N) is 4. The highest BCUT2D eigenvalue weighted by atomic mass is 16.7. The van der Waals surface area contributed by atoms with Gasteiger partial charge in [0, 0.05) is 12.6 Å². The third-order valence-corrected chi connectivity index (χ3v) is 4.68. The van der Waals surface area contributed by atoms with Crippen LogP contribution < -0.4 is 26.4 Å². The number of nitrogens with one attached hydrogen (secondary N) is 1. The number of amides is 2. The van der Waals surface area contributed by atoms with E-state index in [1.54, 1.807) is 54.6 Å². The van der Waals surface area contributed by atoms with E-state index < -0.39 is 12.0 Å². The Morgan fingerprint density at radius 1 is 1.06 bits per heavy atom. The molecule has 0 bridgehead atoms. The van der Waals surface area contributed by atoms with Crippen LogP contribution in [0.25, 0.3) is 0 Å². The second kappa shape index (κ2) is 12.1. The number of hydrogen-bond acceptors (Lipinski definition) is 10. The number of carbonyl (C=O) groups excluding carboxylic acids is 2. The molecule has 0 fully saturated rings. The number of aliphatic hydroxyl groups is 1. The molecule has 0 saturated carbocycles. The van der Waals surface area contributed by atoms with Crippen molar-refractivity contribution in [2.24, 2.45) is 16.0 Å². The predicted octanol–water partition coefficient (Wildman–Crippen LogP) is 3.08. The molecule has 0 atom stereocenters. The molecule has 12 heteroatoms. The summed E-state index contributed by atoms with van der Waals surface area (Å²) in [7, 11) is 1.53. The summed E-state index contributed by atoms with van der Waals surface area (Å²) in [5.41, 5.74) is 12.9. The van der Waals surface area contributed by atoms with Crippen LogP contribution in [0.4, 0.5) is 33.5 Å². The standard InChI is InChI=1S/C23H25N7O5/c1-30(18-8-4-2-6-15(18)13-31)23(33)35-14-34-19-9-5-3-7-16(19)28-29-17-10-11-20(27-22(17)25)26-21(32)12-24/h2-11,31H,12-14,24H2,1H3,(H3,25,26,27,32)/b29-28+. The number of ether oxygens (including phenoxy) is 2. The predicted molar refractivity (Wildman–Crippen MR) is 130 cm³/mol. The van der Waals surface area contributed by atoms with Gasteiger partial charge in [-0.05, 0) is 30.3 Å². The number of azo groups is 1. The monoisotopic (exact) mass is 479 g/mol. The lowest BCUT2D eigenvalue weighted by Gasteiger charge is -2.19. The summed E-state index contributed by atoms with van der Waals surface area (Å²) in [6, 6.07) is 16.7. The molecule has 0 aliphatic carbocycles. The number of aromatic nitrogens is 1. The van der Waals surface area contributed by atoms with Crippen LogP contribution in [0, 0.1) is 0 Å². The summed E-state index contributed by atoms with van der Waals surface area (Å²) in [4.78, 5) is 29.1. The molecule has 35 heavy (non-hydrogen) atoms. The first kappa shape index (κ1) is 25.1. The molecular weight excluding hydrogens is 454 g/mol. The summed E-state index contributed by atoms with van der Waals surface area (Å²) >= 11 is 0. The minimum atomic E-state index is -0.661. The molecule has 0 aliphatic heterocycles. The van der Waals surface area contributed by atoms with E-state index in [1.165, 1.54) is 18.0 Å². The molecule has 0 aliphatic rings. The molecule has 2 amide bonds. The van der Waals surface area contributed by atoms with E-state index >= 15 is 0 Å². The van der Waals surface area contributed by atoms with Crippen LogP contribution in [0.3, 0.4) is 0 Å². The topological polar surface area (TPSA) is 178 Å². The zero-order chi connectivity index (χ0) is 25.2. The molecule has 1 heterocycles. The van der Waals surface area contributed by atoms with Crippen LogP contribution in [-0.2, 0) is 16.1 Å². The van der Waals surface area contributed by atoms with Gasteiger partial charge in [0.25, 0.3) is 0 Å². The number of rotatable bonds is 9. The molecule has 0 unspecified atom stereocenters. The Kier molecular flexibility index (Phi) is 8.65. The highest BCUT2D eigenvalue weighted by Crippen LogP contribution is 2.30. The second-order valence-corrected chi connectivity index (χ2v) is 7.04. The minimum absolute atomic E-state index is 0.0575. The fourth-order valence-electron chi connectivity index (χ4n) is 2.90. The van der Waals surface area contributed by atoms with Gasteiger partial charge in [-0.3, -0.25) is 9.69 Å². The highest BCUT2D eigenvalue weighted by Gasteiger charge is 2.15. The van der Waals surface area contributed by atoms with Gasteiger partial charge in [-0.2, -0.15) is 0 Å². The van der Waals surface area contributed by atoms with Crippen molar-refractivity contribution in [1.29, 1.82) is 0 Å². The van der Waals surface area contributed by atoms with Gasteiger partial charge in [-0.25, -0.2) is 9.78 Å². The summed E-state index contributed by atoms with van der Waals surface area (Å²) in [6.45, 7) is -0.772. The number of anilines is 3. The van der Waals surface area contributed by atoms with Crippen molar-refractivity contribution in [3.8, 4) is 5.75 Å². The van der Waals surface area contributed by atoms with Gasteiger partial charge in [-0.1, -0.05) is 30.3 Å². The third kappa shape index (κ3) is 6.72. The van der Waals surface area contributed by atoms with Gasteiger partial charge in [0.05, 0.1) is 18.8 Å². The Morgan fingerprint density at radius 2 is 1.77 bits per heavy atom. The number of nitrogens with two attached hydrogens (primary N) is 2. The van der Waals surface area contributed by atoms with Crippen LogP contribution in [0.5, 0.6) is 5.75 Å². The van der Waals surface area contributed by atoms with Crippen molar-refractivity contribution in [1.82, 2.24) is 4.98 Å². The number of carbonyl (C=O) groups is 2. The maximum Gasteiger partial charge on any atom is 0.416 e. The number of nitrogen functional groups attached to an aromatic ring is 1. The van der Waals surface area contributed by atoms with E-state index in [-0.39, 0.29) is 37.3 Å². The smallest absolute Gasteiger partial charge is 0.416 e. The van der Waals surface area contributed by atoms with Crippen LogP contribution in [0.15, 0.2) is 70.9 Å². The molecule has 2 aromatic carbocycles. The van der Waals surface area contributed by atoms with Crippen LogP contribution in [0.2, 0.25) is 0 Å². The number of para-hydroxylation sites is 2. The van der Waals surface area contributed by atoms with Gasteiger partial charge < -0.3 is 31.4 Å². The van der Waals surface area contributed by atoms with Crippen LogP contribution >= 0.6 is 0 Å². The maximum atomic E-state index is 12.4. The van der Waals surface area contributed by atoms with Gasteiger partial charge >= 0.3 is 6.09 Å². The normalized spacial score (nSPS) is 10.7. The summed E-state index contributed by atoms with van der Waals surface area (Å²) < 4.78 is 10.8. The lowest BCUT2D eigenvalue weighted by Crippen LogP contribution is -2.29. The van der Waals surface area contributed by atoms with Crippen molar-refractivity contribution in [3.63, 3.8) is 0 Å². The van der Waals surface area contributed by atoms with E-state index in [0.29, 0.717) is 22.7 Å². The molecule has 12 nitrogen and oxygen atoms in total. The van der Waals surface area contributed by atoms with Gasteiger partial charge in [0.2, 0.25) is 12.7 Å². The van der Waals surface area contributed by atoms with E-state index in [4.69, 9.17) is 20.9 Å². The van der Waals surface area contributed by atoms with E-state index in [1.807, 2.05) is 0 Å². The van der Waals surface area contributed by atoms with Crippen molar-refractivity contribution >= 4 is 40.7 Å². The molecule has 3 rings (SSSR count).